The minimum Gasteiger partial charge on any atom is -0.481 e. The number of carbonyl (C=O) groups excluding carboxylic acids is 2. The quantitative estimate of drug-likeness (QED) is 0.485. The molecule has 0 aromatic heterocycles. The zero-order valence-corrected chi connectivity index (χ0v) is 18.2. The van der Waals surface area contributed by atoms with Crippen molar-refractivity contribution in [2.75, 3.05) is 16.8 Å². The maximum absolute atomic E-state index is 13.2. The third-order valence-electron chi connectivity index (χ3n) is 4.80. The summed E-state index contributed by atoms with van der Waals surface area (Å²) in [6, 6.07) is 16.0. The van der Waals surface area contributed by atoms with Crippen LogP contribution in [0.5, 0.6) is 5.75 Å². The molecule has 0 saturated heterocycles. The second-order valence-electron chi connectivity index (χ2n) is 7.07. The van der Waals surface area contributed by atoms with E-state index in [0.717, 1.165) is 5.56 Å². The average molecular weight is 471 g/mol. The zero-order valence-electron chi connectivity index (χ0n) is 16.6. The van der Waals surface area contributed by atoms with Crippen LogP contribution in [0.3, 0.4) is 0 Å². The van der Waals surface area contributed by atoms with E-state index in [1.807, 2.05) is 0 Å². The molecular weight excluding hydrogens is 454 g/mol. The molecule has 0 saturated carbocycles. The Labute approximate surface area is 194 Å². The molecule has 3 aromatic carbocycles. The molecule has 3 aromatic rings. The Kier molecular flexibility index (Phi) is 6.44. The summed E-state index contributed by atoms with van der Waals surface area (Å²) in [7, 11) is 0. The fourth-order valence-corrected chi connectivity index (χ4v) is 3.69. The molecule has 2 amide bonds. The molecule has 8 heteroatoms. The molecule has 0 fully saturated rings. The summed E-state index contributed by atoms with van der Waals surface area (Å²) in [5.41, 5.74) is 2.54. The number of hydrogen-bond donors (Lipinski definition) is 1. The molecule has 0 unspecified atom stereocenters. The summed E-state index contributed by atoms with van der Waals surface area (Å²) in [5.74, 6) is -0.433. The molecule has 5 nitrogen and oxygen atoms in total. The first-order valence-corrected chi connectivity index (χ1v) is 10.4. The fourth-order valence-electron chi connectivity index (χ4n) is 3.21. The van der Waals surface area contributed by atoms with Gasteiger partial charge in [0, 0.05) is 27.9 Å². The van der Waals surface area contributed by atoms with E-state index >= 15 is 0 Å². The van der Waals surface area contributed by atoms with Gasteiger partial charge in [0.05, 0.1) is 12.2 Å². The number of nitrogens with zero attached hydrogens (tertiary/aromatic N) is 1. The van der Waals surface area contributed by atoms with Gasteiger partial charge in [-0.2, -0.15) is 0 Å². The number of rotatable bonds is 5. The Bertz CT molecular complexity index is 1210. The molecule has 0 aliphatic carbocycles. The highest BCUT2D eigenvalue weighted by Gasteiger charge is 2.26. The van der Waals surface area contributed by atoms with Gasteiger partial charge in [-0.15, -0.1) is 0 Å². The number of hydrogen-bond acceptors (Lipinski definition) is 3. The Morgan fingerprint density at radius 2 is 1.88 bits per heavy atom. The van der Waals surface area contributed by atoms with Gasteiger partial charge in [-0.25, -0.2) is 4.39 Å². The van der Waals surface area contributed by atoms with E-state index in [0.29, 0.717) is 32.7 Å². The maximum atomic E-state index is 13.2. The van der Waals surface area contributed by atoms with Gasteiger partial charge in [0.2, 0.25) is 5.91 Å². The van der Waals surface area contributed by atoms with Crippen LogP contribution >= 0.6 is 23.2 Å². The molecule has 32 heavy (non-hydrogen) atoms. The van der Waals surface area contributed by atoms with Crippen LogP contribution in [0.25, 0.3) is 6.08 Å². The van der Waals surface area contributed by atoms with Crippen LogP contribution in [0.4, 0.5) is 15.8 Å². The first kappa shape index (κ1) is 21.9. The van der Waals surface area contributed by atoms with E-state index in [-0.39, 0.29) is 30.8 Å². The van der Waals surface area contributed by atoms with Gasteiger partial charge in [0.1, 0.15) is 11.6 Å². The van der Waals surface area contributed by atoms with Crippen LogP contribution < -0.4 is 15.0 Å². The van der Waals surface area contributed by atoms with Gasteiger partial charge in [0.15, 0.2) is 6.61 Å². The highest BCUT2D eigenvalue weighted by Crippen LogP contribution is 2.35. The largest absolute Gasteiger partial charge is 0.481 e. The van der Waals surface area contributed by atoms with Crippen LogP contribution in [0, 0.1) is 5.82 Å². The lowest BCUT2D eigenvalue weighted by Gasteiger charge is -2.29. The van der Waals surface area contributed by atoms with Crippen LogP contribution in [-0.2, 0) is 16.1 Å². The van der Waals surface area contributed by atoms with Crippen molar-refractivity contribution in [3.8, 4) is 5.75 Å². The number of amides is 2. The summed E-state index contributed by atoms with van der Waals surface area (Å²) < 4.78 is 18.7. The minimum atomic E-state index is -0.356. The Hall–Kier alpha value is -3.35. The van der Waals surface area contributed by atoms with E-state index in [1.165, 1.54) is 18.2 Å². The van der Waals surface area contributed by atoms with Gasteiger partial charge in [-0.3, -0.25) is 9.59 Å². The topological polar surface area (TPSA) is 58.6 Å². The standard InChI is InChI=1S/C24H17Cl2FN2O3/c25-17-5-3-16(20(26)11-17)4-10-23(30)28-19-8-9-21-22(12-19)32-14-24(31)29(21)13-15-1-6-18(27)7-2-15/h1-12H,13-14H2,(H,28,30)/b10-4+. The Morgan fingerprint density at radius 1 is 1.09 bits per heavy atom. The Morgan fingerprint density at radius 3 is 2.62 bits per heavy atom. The number of halogens is 3. The SMILES string of the molecule is O=C(/C=C/c1ccc(Cl)cc1Cl)Nc1ccc2c(c1)OCC(=O)N2Cc1ccc(F)cc1. The lowest BCUT2D eigenvalue weighted by atomic mass is 10.1. The molecular formula is C24H17Cl2FN2O3. The minimum absolute atomic E-state index is 0.124. The van der Waals surface area contributed by atoms with Crippen molar-refractivity contribution in [3.05, 3.63) is 93.7 Å². The third-order valence-corrected chi connectivity index (χ3v) is 5.36. The van der Waals surface area contributed by atoms with Crippen molar-refractivity contribution in [1.82, 2.24) is 0 Å². The highest BCUT2D eigenvalue weighted by molar-refractivity contribution is 6.35. The molecule has 0 spiro atoms. The lowest BCUT2D eigenvalue weighted by Crippen LogP contribution is -2.38. The average Bonchev–Trinajstić information content (AvgIpc) is 2.76. The summed E-state index contributed by atoms with van der Waals surface area (Å²) in [6.45, 7) is 0.159. The summed E-state index contributed by atoms with van der Waals surface area (Å²) in [6.07, 6.45) is 2.95. The van der Waals surface area contributed by atoms with Crippen LogP contribution in [-0.4, -0.2) is 18.4 Å². The fraction of sp³-hybridized carbons (Fsp3) is 0.0833. The summed E-state index contributed by atoms with van der Waals surface area (Å²) >= 11 is 12.0. The van der Waals surface area contributed by atoms with Crippen LogP contribution in [0.15, 0.2) is 66.7 Å². The van der Waals surface area contributed by atoms with Crippen molar-refractivity contribution in [1.29, 1.82) is 0 Å². The number of anilines is 2. The first-order chi connectivity index (χ1) is 15.4. The van der Waals surface area contributed by atoms with Gasteiger partial charge in [-0.1, -0.05) is 41.4 Å². The van der Waals surface area contributed by atoms with E-state index < -0.39 is 0 Å². The summed E-state index contributed by atoms with van der Waals surface area (Å²) in [5, 5.41) is 3.71. The van der Waals surface area contributed by atoms with Crippen LogP contribution in [0.1, 0.15) is 11.1 Å². The number of fused-ring (bicyclic) bond motifs is 1. The zero-order chi connectivity index (χ0) is 22.7. The normalized spacial score (nSPS) is 13.1. The van der Waals surface area contributed by atoms with E-state index in [9.17, 15) is 14.0 Å². The molecule has 1 N–H and O–H groups in total. The van der Waals surface area contributed by atoms with Crippen molar-refractivity contribution >= 4 is 52.5 Å². The van der Waals surface area contributed by atoms with Gasteiger partial charge >= 0.3 is 0 Å². The van der Waals surface area contributed by atoms with Crippen molar-refractivity contribution in [3.63, 3.8) is 0 Å². The lowest BCUT2D eigenvalue weighted by molar-refractivity contribution is -0.121. The second-order valence-corrected chi connectivity index (χ2v) is 7.91. The van der Waals surface area contributed by atoms with E-state index in [1.54, 1.807) is 59.5 Å². The molecule has 1 aliphatic rings. The van der Waals surface area contributed by atoms with Gasteiger partial charge in [0.25, 0.3) is 5.91 Å². The molecule has 162 valence electrons. The third kappa shape index (κ3) is 5.10. The Balaban J connectivity index is 1.48. The maximum Gasteiger partial charge on any atom is 0.265 e. The van der Waals surface area contributed by atoms with Gasteiger partial charge < -0.3 is 15.0 Å². The van der Waals surface area contributed by atoms with Crippen molar-refractivity contribution in [2.24, 2.45) is 0 Å². The number of nitrogens with one attached hydrogen (secondary N) is 1. The predicted molar refractivity (Wildman–Crippen MR) is 124 cm³/mol. The van der Waals surface area contributed by atoms with Gasteiger partial charge in [-0.05, 0) is 53.6 Å². The molecule has 0 bridgehead atoms. The van der Waals surface area contributed by atoms with E-state index in [4.69, 9.17) is 27.9 Å². The van der Waals surface area contributed by atoms with Crippen LogP contribution in [0.2, 0.25) is 10.0 Å². The predicted octanol–water partition coefficient (Wildman–Crippen LogP) is 5.71. The number of ether oxygens (including phenoxy) is 1. The van der Waals surface area contributed by atoms with Crippen molar-refractivity contribution < 1.29 is 18.7 Å². The molecule has 1 aliphatic heterocycles. The highest BCUT2D eigenvalue weighted by atomic mass is 35.5. The second kappa shape index (κ2) is 9.42. The number of benzene rings is 3. The summed E-state index contributed by atoms with van der Waals surface area (Å²) in [4.78, 5) is 26.3. The first-order valence-electron chi connectivity index (χ1n) is 9.65. The molecule has 0 radical (unpaired) electrons. The number of carbonyl (C=O) groups is 2. The molecule has 4 rings (SSSR count). The molecule has 1 heterocycles. The van der Waals surface area contributed by atoms with Crippen molar-refractivity contribution in [2.45, 2.75) is 6.54 Å². The van der Waals surface area contributed by atoms with E-state index in [2.05, 4.69) is 5.32 Å². The smallest absolute Gasteiger partial charge is 0.265 e. The molecule has 0 atom stereocenters. The monoisotopic (exact) mass is 470 g/mol.